The van der Waals surface area contributed by atoms with Gasteiger partial charge in [-0.3, -0.25) is 0 Å². The SMILES string of the molecule is CC1CCCC(C(O)C2C3CCc4ccccc4C32)C1. The first-order valence-corrected chi connectivity index (χ1v) is 8.51. The Labute approximate surface area is 122 Å². The normalized spacial score (nSPS) is 40.6. The number of aliphatic hydroxyl groups excluding tert-OH is 1. The van der Waals surface area contributed by atoms with Gasteiger partial charge in [-0.1, -0.05) is 44.0 Å². The molecule has 0 radical (unpaired) electrons. The summed E-state index contributed by atoms with van der Waals surface area (Å²) in [5.74, 6) is 3.40. The molecule has 2 saturated carbocycles. The third-order valence-electron chi connectivity index (χ3n) is 6.24. The maximum Gasteiger partial charge on any atom is 0.0605 e. The predicted molar refractivity (Wildman–Crippen MR) is 81.6 cm³/mol. The predicted octanol–water partition coefficient (Wildman–Crippen LogP) is 4.15. The van der Waals surface area contributed by atoms with Crippen molar-refractivity contribution in [3.63, 3.8) is 0 Å². The van der Waals surface area contributed by atoms with Gasteiger partial charge in [0.15, 0.2) is 0 Å². The van der Waals surface area contributed by atoms with Crippen molar-refractivity contribution in [3.05, 3.63) is 35.4 Å². The van der Waals surface area contributed by atoms with Crippen molar-refractivity contribution in [2.45, 2.75) is 57.5 Å². The fourth-order valence-electron chi connectivity index (χ4n) is 5.19. The van der Waals surface area contributed by atoms with E-state index in [1.807, 2.05) is 0 Å². The number of benzene rings is 1. The Bertz CT molecular complexity index is 494. The van der Waals surface area contributed by atoms with Crippen LogP contribution in [-0.4, -0.2) is 11.2 Å². The molecule has 1 aromatic rings. The number of hydrogen-bond donors (Lipinski definition) is 1. The minimum absolute atomic E-state index is 0.0427. The molecule has 0 amide bonds. The summed E-state index contributed by atoms with van der Waals surface area (Å²) >= 11 is 0. The van der Waals surface area contributed by atoms with Crippen LogP contribution in [0.1, 0.15) is 56.1 Å². The van der Waals surface area contributed by atoms with Gasteiger partial charge in [-0.15, -0.1) is 0 Å². The van der Waals surface area contributed by atoms with Gasteiger partial charge in [-0.05, 0) is 66.4 Å². The Morgan fingerprint density at radius 2 is 2.00 bits per heavy atom. The minimum Gasteiger partial charge on any atom is -0.393 e. The smallest absolute Gasteiger partial charge is 0.0605 e. The second-order valence-corrected chi connectivity index (χ2v) is 7.53. The van der Waals surface area contributed by atoms with Crippen molar-refractivity contribution in [1.82, 2.24) is 0 Å². The first-order valence-electron chi connectivity index (χ1n) is 8.51. The van der Waals surface area contributed by atoms with Crippen LogP contribution in [0.25, 0.3) is 0 Å². The van der Waals surface area contributed by atoms with Gasteiger partial charge in [0.05, 0.1) is 6.10 Å². The summed E-state index contributed by atoms with van der Waals surface area (Å²) in [5, 5.41) is 10.9. The van der Waals surface area contributed by atoms with Crippen molar-refractivity contribution < 1.29 is 5.11 Å². The van der Waals surface area contributed by atoms with Gasteiger partial charge in [0.25, 0.3) is 0 Å². The lowest BCUT2D eigenvalue weighted by Gasteiger charge is -2.31. The van der Waals surface area contributed by atoms with Crippen LogP contribution in [0, 0.1) is 23.7 Å². The number of rotatable bonds is 2. The Morgan fingerprint density at radius 3 is 2.85 bits per heavy atom. The van der Waals surface area contributed by atoms with Crippen LogP contribution in [0.5, 0.6) is 0 Å². The van der Waals surface area contributed by atoms with Gasteiger partial charge in [0.1, 0.15) is 0 Å². The molecule has 20 heavy (non-hydrogen) atoms. The van der Waals surface area contributed by atoms with Crippen LogP contribution in [0.2, 0.25) is 0 Å². The largest absolute Gasteiger partial charge is 0.393 e. The summed E-state index contributed by atoms with van der Waals surface area (Å²) in [6.45, 7) is 2.36. The van der Waals surface area contributed by atoms with Gasteiger partial charge >= 0.3 is 0 Å². The van der Waals surface area contributed by atoms with Crippen molar-refractivity contribution in [2.75, 3.05) is 0 Å². The first-order chi connectivity index (χ1) is 9.75. The lowest BCUT2D eigenvalue weighted by molar-refractivity contribution is 0.0487. The zero-order chi connectivity index (χ0) is 13.7. The number of fused-ring (bicyclic) bond motifs is 3. The van der Waals surface area contributed by atoms with E-state index in [-0.39, 0.29) is 6.10 Å². The highest BCUT2D eigenvalue weighted by atomic mass is 16.3. The molecule has 0 aliphatic heterocycles. The van der Waals surface area contributed by atoms with Gasteiger partial charge < -0.3 is 5.11 Å². The monoisotopic (exact) mass is 270 g/mol. The Balaban J connectivity index is 1.52. The van der Waals surface area contributed by atoms with Crippen LogP contribution in [0.15, 0.2) is 24.3 Å². The maximum absolute atomic E-state index is 10.9. The molecule has 3 aliphatic rings. The molecule has 3 aliphatic carbocycles. The minimum atomic E-state index is -0.0427. The standard InChI is InChI=1S/C19H26O/c1-12-5-4-7-14(11-12)19(20)18-16-10-9-13-6-2-3-8-15(13)17(16)18/h2-3,6,8,12,14,16-20H,4-5,7,9-11H2,1H3. The summed E-state index contributed by atoms with van der Waals surface area (Å²) in [4.78, 5) is 0. The molecule has 108 valence electrons. The molecule has 0 spiro atoms. The molecule has 1 nitrogen and oxygen atoms in total. The fourth-order valence-corrected chi connectivity index (χ4v) is 5.19. The zero-order valence-corrected chi connectivity index (χ0v) is 12.5. The van der Waals surface area contributed by atoms with Crippen molar-refractivity contribution in [3.8, 4) is 0 Å². The second kappa shape index (κ2) is 4.87. The van der Waals surface area contributed by atoms with Gasteiger partial charge in [0, 0.05) is 0 Å². The van der Waals surface area contributed by atoms with Gasteiger partial charge in [0.2, 0.25) is 0 Å². The quantitative estimate of drug-likeness (QED) is 0.856. The lowest BCUT2D eigenvalue weighted by Crippen LogP contribution is -2.28. The number of aryl methyl sites for hydroxylation is 1. The van der Waals surface area contributed by atoms with Crippen LogP contribution in [0.4, 0.5) is 0 Å². The molecule has 0 heterocycles. The highest BCUT2D eigenvalue weighted by Crippen LogP contribution is 2.62. The molecule has 6 atom stereocenters. The molecule has 0 aromatic heterocycles. The van der Waals surface area contributed by atoms with E-state index in [0.717, 1.165) is 11.8 Å². The molecular formula is C19H26O. The molecule has 6 unspecified atom stereocenters. The highest BCUT2D eigenvalue weighted by molar-refractivity contribution is 5.39. The molecule has 1 N–H and O–H groups in total. The molecule has 0 bridgehead atoms. The topological polar surface area (TPSA) is 20.2 Å². The second-order valence-electron chi connectivity index (χ2n) is 7.53. The Morgan fingerprint density at radius 1 is 1.15 bits per heavy atom. The van der Waals surface area contributed by atoms with E-state index >= 15 is 0 Å². The third-order valence-corrected chi connectivity index (χ3v) is 6.24. The fraction of sp³-hybridized carbons (Fsp3) is 0.684. The van der Waals surface area contributed by atoms with E-state index in [4.69, 9.17) is 0 Å². The average Bonchev–Trinajstić information content (AvgIpc) is 3.21. The van der Waals surface area contributed by atoms with E-state index in [0.29, 0.717) is 17.8 Å². The van der Waals surface area contributed by atoms with Crippen LogP contribution >= 0.6 is 0 Å². The Hall–Kier alpha value is -0.820. The number of aliphatic hydroxyl groups is 1. The van der Waals surface area contributed by atoms with Crippen molar-refractivity contribution >= 4 is 0 Å². The van der Waals surface area contributed by atoms with E-state index in [1.54, 1.807) is 11.1 Å². The Kier molecular flexibility index (Phi) is 3.14. The molecule has 0 saturated heterocycles. The lowest BCUT2D eigenvalue weighted by atomic mass is 9.78. The first kappa shape index (κ1) is 12.9. The number of hydrogen-bond acceptors (Lipinski definition) is 1. The van der Waals surface area contributed by atoms with Crippen molar-refractivity contribution in [2.24, 2.45) is 23.7 Å². The molecule has 2 fully saturated rings. The molecule has 1 aromatic carbocycles. The van der Waals surface area contributed by atoms with Crippen LogP contribution in [-0.2, 0) is 6.42 Å². The molecular weight excluding hydrogens is 244 g/mol. The van der Waals surface area contributed by atoms with Gasteiger partial charge in [-0.2, -0.15) is 0 Å². The van der Waals surface area contributed by atoms with E-state index in [1.165, 1.54) is 38.5 Å². The van der Waals surface area contributed by atoms with Crippen LogP contribution in [0.3, 0.4) is 0 Å². The average molecular weight is 270 g/mol. The summed E-state index contributed by atoms with van der Waals surface area (Å²) in [6, 6.07) is 8.93. The molecule has 1 heteroatoms. The zero-order valence-electron chi connectivity index (χ0n) is 12.5. The van der Waals surface area contributed by atoms with E-state index in [9.17, 15) is 5.11 Å². The summed E-state index contributed by atoms with van der Waals surface area (Å²) in [5.41, 5.74) is 3.09. The van der Waals surface area contributed by atoms with Crippen molar-refractivity contribution in [1.29, 1.82) is 0 Å². The summed E-state index contributed by atoms with van der Waals surface area (Å²) in [7, 11) is 0. The van der Waals surface area contributed by atoms with E-state index in [2.05, 4.69) is 31.2 Å². The van der Waals surface area contributed by atoms with Crippen LogP contribution < -0.4 is 0 Å². The highest BCUT2D eigenvalue weighted by Gasteiger charge is 2.57. The maximum atomic E-state index is 10.9. The van der Waals surface area contributed by atoms with Gasteiger partial charge in [-0.25, -0.2) is 0 Å². The third kappa shape index (κ3) is 2.02. The van der Waals surface area contributed by atoms with E-state index < -0.39 is 0 Å². The summed E-state index contributed by atoms with van der Waals surface area (Å²) < 4.78 is 0. The molecule has 4 rings (SSSR count). The summed E-state index contributed by atoms with van der Waals surface area (Å²) in [6.07, 6.45) is 7.67.